The number of nitrogens with one attached hydrogen (secondary N) is 2. The fourth-order valence-electron chi connectivity index (χ4n) is 3.08. The molecule has 28 heavy (non-hydrogen) atoms. The van der Waals surface area contributed by atoms with Gasteiger partial charge in [0.25, 0.3) is 0 Å². The molecule has 0 amide bonds. The van der Waals surface area contributed by atoms with E-state index in [1.807, 2.05) is 19.1 Å². The van der Waals surface area contributed by atoms with Gasteiger partial charge in [0.05, 0.1) is 18.8 Å². The zero-order valence-corrected chi connectivity index (χ0v) is 20.0. The minimum Gasteiger partial charge on any atom is -0.474 e. The first-order chi connectivity index (χ1) is 13.1. The number of hydrogen-bond donors (Lipinski definition) is 2. The van der Waals surface area contributed by atoms with Gasteiger partial charge in [-0.3, -0.25) is 0 Å². The maximum absolute atomic E-state index is 5.99. The Morgan fingerprint density at radius 2 is 2.07 bits per heavy atom. The van der Waals surface area contributed by atoms with Crippen LogP contribution >= 0.6 is 35.3 Å². The molecule has 154 valence electrons. The van der Waals surface area contributed by atoms with Gasteiger partial charge in [-0.25, -0.2) is 15.0 Å². The van der Waals surface area contributed by atoms with Gasteiger partial charge in [-0.15, -0.1) is 35.3 Å². The summed E-state index contributed by atoms with van der Waals surface area (Å²) in [6.45, 7) is 8.28. The molecule has 0 aliphatic heterocycles. The number of aryl methyl sites for hydroxylation is 2. The van der Waals surface area contributed by atoms with Crippen molar-refractivity contribution in [3.63, 3.8) is 0 Å². The fraction of sp³-hybridized carbons (Fsp3) is 0.550. The minimum atomic E-state index is 0. The van der Waals surface area contributed by atoms with Crippen LogP contribution in [0.25, 0.3) is 0 Å². The van der Waals surface area contributed by atoms with Gasteiger partial charge in [-0.1, -0.05) is 0 Å². The molecule has 0 saturated heterocycles. The molecule has 2 N–H and O–H groups in total. The number of thiazole rings is 1. The number of rotatable bonds is 7. The van der Waals surface area contributed by atoms with Crippen molar-refractivity contribution in [3.8, 4) is 5.88 Å². The second kappa shape index (κ2) is 11.5. The Balaban J connectivity index is 0.00000280. The van der Waals surface area contributed by atoms with Crippen LogP contribution in [-0.4, -0.2) is 28.6 Å². The molecule has 0 spiro atoms. The number of guanidine groups is 1. The lowest BCUT2D eigenvalue weighted by molar-refractivity contribution is 0.201. The molecule has 0 radical (unpaired) electrons. The van der Waals surface area contributed by atoms with Gasteiger partial charge in [-0.2, -0.15) is 0 Å². The standard InChI is InChI=1S/C20H29N5OS.HI/c1-4-21-20(24-13-19-25-14(2)15(3)27-19)23-12-16-9-10-22-18(11-16)26-17-7-5-6-8-17;/h9-11,17H,4-8,12-13H2,1-3H3,(H2,21,23,24);1H. The first kappa shape index (κ1) is 22.9. The maximum atomic E-state index is 5.99. The van der Waals surface area contributed by atoms with Crippen molar-refractivity contribution in [1.82, 2.24) is 20.6 Å². The minimum absolute atomic E-state index is 0. The van der Waals surface area contributed by atoms with Gasteiger partial charge in [0.15, 0.2) is 5.96 Å². The summed E-state index contributed by atoms with van der Waals surface area (Å²) in [5.41, 5.74) is 2.20. The van der Waals surface area contributed by atoms with E-state index in [1.54, 1.807) is 17.5 Å². The third kappa shape index (κ3) is 6.88. The lowest BCUT2D eigenvalue weighted by atomic mass is 10.2. The maximum Gasteiger partial charge on any atom is 0.213 e. The van der Waals surface area contributed by atoms with Gasteiger partial charge in [0.1, 0.15) is 11.1 Å². The molecule has 1 saturated carbocycles. The molecule has 3 rings (SSSR count). The molecule has 1 fully saturated rings. The number of pyridine rings is 1. The fourth-order valence-corrected chi connectivity index (χ4v) is 3.95. The second-order valence-electron chi connectivity index (χ2n) is 6.82. The van der Waals surface area contributed by atoms with Crippen molar-refractivity contribution in [3.05, 3.63) is 39.5 Å². The predicted octanol–water partition coefficient (Wildman–Crippen LogP) is 4.35. The Morgan fingerprint density at radius 1 is 1.29 bits per heavy atom. The first-order valence-corrected chi connectivity index (χ1v) is 10.5. The van der Waals surface area contributed by atoms with Crippen molar-refractivity contribution >= 4 is 41.3 Å². The third-order valence-electron chi connectivity index (χ3n) is 4.63. The molecule has 0 bridgehead atoms. The number of nitrogens with zero attached hydrogens (tertiary/aromatic N) is 3. The van der Waals surface area contributed by atoms with Gasteiger partial charge in [0.2, 0.25) is 5.88 Å². The molecule has 0 aromatic carbocycles. The molecule has 8 heteroatoms. The van der Waals surface area contributed by atoms with Gasteiger partial charge in [0, 0.05) is 23.7 Å². The lowest BCUT2D eigenvalue weighted by Gasteiger charge is -2.13. The number of ether oxygens (including phenoxy) is 1. The van der Waals surface area contributed by atoms with Gasteiger partial charge >= 0.3 is 0 Å². The summed E-state index contributed by atoms with van der Waals surface area (Å²) in [7, 11) is 0. The van der Waals surface area contributed by atoms with Crippen molar-refractivity contribution in [2.45, 2.75) is 65.6 Å². The van der Waals surface area contributed by atoms with E-state index in [2.05, 4.69) is 39.4 Å². The molecule has 0 atom stereocenters. The van der Waals surface area contributed by atoms with E-state index in [1.165, 1.54) is 17.7 Å². The number of aromatic nitrogens is 2. The molecule has 2 heterocycles. The number of halogens is 1. The Hall–Kier alpha value is -1.42. The average molecular weight is 515 g/mol. The van der Waals surface area contributed by atoms with Crippen LogP contribution in [0.1, 0.15) is 53.7 Å². The van der Waals surface area contributed by atoms with Gasteiger partial charge in [-0.05, 0) is 58.1 Å². The molecule has 6 nitrogen and oxygen atoms in total. The molecule has 0 unspecified atom stereocenters. The summed E-state index contributed by atoms with van der Waals surface area (Å²) >= 11 is 1.72. The van der Waals surface area contributed by atoms with Crippen molar-refractivity contribution < 1.29 is 4.74 Å². The lowest BCUT2D eigenvalue weighted by Crippen LogP contribution is -2.36. The van der Waals surface area contributed by atoms with E-state index >= 15 is 0 Å². The predicted molar refractivity (Wildman–Crippen MR) is 126 cm³/mol. The molecular formula is C20H30IN5OS. The van der Waals surface area contributed by atoms with Crippen LogP contribution < -0.4 is 15.4 Å². The zero-order valence-electron chi connectivity index (χ0n) is 16.8. The molecule has 1 aliphatic carbocycles. The van der Waals surface area contributed by atoms with Crippen molar-refractivity contribution in [2.24, 2.45) is 4.99 Å². The first-order valence-electron chi connectivity index (χ1n) is 9.70. The molecule has 2 aromatic rings. The summed E-state index contributed by atoms with van der Waals surface area (Å²) in [4.78, 5) is 14.9. The second-order valence-corrected chi connectivity index (χ2v) is 8.11. The van der Waals surface area contributed by atoms with Crippen molar-refractivity contribution in [2.75, 3.05) is 6.54 Å². The summed E-state index contributed by atoms with van der Waals surface area (Å²) in [5.74, 6) is 1.50. The average Bonchev–Trinajstić information content (AvgIpc) is 3.28. The number of aliphatic imine (C=N–C) groups is 1. The van der Waals surface area contributed by atoms with Crippen LogP contribution in [0.2, 0.25) is 0 Å². The summed E-state index contributed by atoms with van der Waals surface area (Å²) in [6, 6.07) is 3.99. The van der Waals surface area contributed by atoms with E-state index in [0.717, 1.165) is 41.6 Å². The van der Waals surface area contributed by atoms with Crippen LogP contribution in [0.5, 0.6) is 5.88 Å². The van der Waals surface area contributed by atoms with E-state index in [4.69, 9.17) is 4.74 Å². The monoisotopic (exact) mass is 515 g/mol. The van der Waals surface area contributed by atoms with Crippen LogP contribution in [0, 0.1) is 13.8 Å². The van der Waals surface area contributed by atoms with Crippen LogP contribution in [0.3, 0.4) is 0 Å². The van der Waals surface area contributed by atoms with E-state index in [9.17, 15) is 0 Å². The highest BCUT2D eigenvalue weighted by Gasteiger charge is 2.17. The summed E-state index contributed by atoms with van der Waals surface area (Å²) in [6.07, 6.45) is 6.90. The molecule has 2 aromatic heterocycles. The third-order valence-corrected chi connectivity index (χ3v) is 5.71. The Morgan fingerprint density at radius 3 is 2.75 bits per heavy atom. The summed E-state index contributed by atoms with van der Waals surface area (Å²) < 4.78 is 5.99. The topological polar surface area (TPSA) is 71.4 Å². The molecular weight excluding hydrogens is 485 g/mol. The van der Waals surface area contributed by atoms with Crippen LogP contribution in [0.15, 0.2) is 23.3 Å². The Bertz CT molecular complexity index is 754. The Labute approximate surface area is 188 Å². The smallest absolute Gasteiger partial charge is 0.213 e. The largest absolute Gasteiger partial charge is 0.474 e. The van der Waals surface area contributed by atoms with Crippen LogP contribution in [0.4, 0.5) is 0 Å². The summed E-state index contributed by atoms with van der Waals surface area (Å²) in [5, 5.41) is 7.72. The highest BCUT2D eigenvalue weighted by atomic mass is 127. The molecule has 1 aliphatic rings. The highest BCUT2D eigenvalue weighted by Crippen LogP contribution is 2.23. The normalized spacial score (nSPS) is 14.6. The van der Waals surface area contributed by atoms with Crippen molar-refractivity contribution in [1.29, 1.82) is 0 Å². The van der Waals surface area contributed by atoms with E-state index in [-0.39, 0.29) is 24.0 Å². The van der Waals surface area contributed by atoms with E-state index in [0.29, 0.717) is 25.1 Å². The number of hydrogen-bond acceptors (Lipinski definition) is 5. The van der Waals surface area contributed by atoms with Crippen LogP contribution in [-0.2, 0) is 13.1 Å². The van der Waals surface area contributed by atoms with Gasteiger partial charge < -0.3 is 15.4 Å². The Kier molecular flexibility index (Phi) is 9.43. The SMILES string of the molecule is CCNC(=NCc1ccnc(OC2CCCC2)c1)NCc1nc(C)c(C)s1.I. The highest BCUT2D eigenvalue weighted by molar-refractivity contribution is 14.0. The van der Waals surface area contributed by atoms with E-state index < -0.39 is 0 Å². The quantitative estimate of drug-likeness (QED) is 0.326. The zero-order chi connectivity index (χ0) is 19.1.